The number of hydrogen-bond donors (Lipinski definition) is 2. The van der Waals surface area contributed by atoms with E-state index in [4.69, 9.17) is 16.3 Å². The van der Waals surface area contributed by atoms with Crippen LogP contribution in [0.4, 0.5) is 10.1 Å². The second-order valence-electron chi connectivity index (χ2n) is 7.83. The zero-order valence-corrected chi connectivity index (χ0v) is 21.4. The molecule has 0 bridgehead atoms. The third kappa shape index (κ3) is 7.08. The van der Waals surface area contributed by atoms with Crippen LogP contribution in [0.3, 0.4) is 0 Å². The molecular weight excluding hydrogens is 517 g/mol. The predicted molar refractivity (Wildman–Crippen MR) is 141 cm³/mol. The number of benzene rings is 3. The van der Waals surface area contributed by atoms with Gasteiger partial charge < -0.3 is 15.4 Å². The number of nitrogens with one attached hydrogen (secondary N) is 2. The van der Waals surface area contributed by atoms with Gasteiger partial charge in [-0.05, 0) is 48.0 Å². The van der Waals surface area contributed by atoms with Crippen LogP contribution < -0.4 is 15.4 Å². The summed E-state index contributed by atoms with van der Waals surface area (Å²) in [7, 11) is 1.58. The predicted octanol–water partition coefficient (Wildman–Crippen LogP) is 4.66. The number of methoxy groups -OCH3 is 1. The molecule has 0 atom stereocenters. The summed E-state index contributed by atoms with van der Waals surface area (Å²) in [5.74, 6) is 0.0374. The summed E-state index contributed by atoms with van der Waals surface area (Å²) < 4.78 is 20.7. The van der Waals surface area contributed by atoms with Crippen LogP contribution in [0.5, 0.6) is 5.75 Å². The molecule has 37 heavy (non-hydrogen) atoms. The lowest BCUT2D eigenvalue weighted by atomic mass is 10.1. The van der Waals surface area contributed by atoms with E-state index in [1.165, 1.54) is 12.1 Å². The number of halogens is 2. The molecule has 4 rings (SSSR count). The first-order valence-corrected chi connectivity index (χ1v) is 12.6. The number of amides is 2. The Morgan fingerprint density at radius 1 is 1.03 bits per heavy atom. The van der Waals surface area contributed by atoms with Gasteiger partial charge in [0, 0.05) is 5.02 Å². The molecule has 2 amide bonds. The third-order valence-corrected chi connectivity index (χ3v) is 6.38. The first kappa shape index (κ1) is 26.2. The largest absolute Gasteiger partial charge is 0.497 e. The second kappa shape index (κ2) is 12.4. The molecule has 1 heterocycles. The summed E-state index contributed by atoms with van der Waals surface area (Å²) in [4.78, 5) is 25.0. The first-order chi connectivity index (χ1) is 17.9. The van der Waals surface area contributed by atoms with E-state index in [0.29, 0.717) is 27.4 Å². The lowest BCUT2D eigenvalue weighted by Crippen LogP contribution is -2.26. The number of aromatic nitrogens is 3. The van der Waals surface area contributed by atoms with E-state index < -0.39 is 11.7 Å². The zero-order chi connectivity index (χ0) is 26.2. The van der Waals surface area contributed by atoms with Crippen molar-refractivity contribution >= 4 is 40.9 Å². The van der Waals surface area contributed by atoms with Crippen molar-refractivity contribution in [3.05, 3.63) is 95.0 Å². The normalized spacial score (nSPS) is 10.7. The molecular formula is C26H23ClFN5O3S. The van der Waals surface area contributed by atoms with Crippen LogP contribution in [0.2, 0.25) is 5.02 Å². The molecule has 0 unspecified atom stereocenters. The highest BCUT2D eigenvalue weighted by atomic mass is 35.5. The summed E-state index contributed by atoms with van der Waals surface area (Å²) in [6, 6.07) is 20.3. The molecule has 8 nitrogen and oxygen atoms in total. The number of carbonyl (C=O) groups is 2. The molecule has 2 N–H and O–H groups in total. The van der Waals surface area contributed by atoms with Crippen LogP contribution in [0.15, 0.2) is 78.0 Å². The smallest absolute Gasteiger partial charge is 0.234 e. The molecule has 1 aromatic heterocycles. The molecule has 0 radical (unpaired) electrons. The first-order valence-electron chi connectivity index (χ1n) is 11.2. The van der Waals surface area contributed by atoms with Crippen molar-refractivity contribution in [2.24, 2.45) is 0 Å². The number of thioether (sulfide) groups is 1. The number of anilines is 1. The zero-order valence-electron chi connectivity index (χ0n) is 19.8. The molecule has 11 heteroatoms. The van der Waals surface area contributed by atoms with E-state index in [0.717, 1.165) is 17.3 Å². The minimum atomic E-state index is -0.518. The monoisotopic (exact) mass is 539 g/mol. The highest BCUT2D eigenvalue weighted by Crippen LogP contribution is 2.24. The van der Waals surface area contributed by atoms with Crippen molar-refractivity contribution < 1.29 is 18.7 Å². The Labute approximate surface area is 222 Å². The van der Waals surface area contributed by atoms with E-state index in [-0.39, 0.29) is 30.3 Å². The summed E-state index contributed by atoms with van der Waals surface area (Å²) >= 11 is 7.33. The topological polar surface area (TPSA) is 98.1 Å². The van der Waals surface area contributed by atoms with Crippen LogP contribution in [-0.4, -0.2) is 39.4 Å². The Bertz CT molecular complexity index is 1400. The van der Waals surface area contributed by atoms with Gasteiger partial charge in [0.05, 0.1) is 37.2 Å². The summed E-state index contributed by atoms with van der Waals surface area (Å²) in [6.07, 6.45) is 0.188. The quantitative estimate of drug-likeness (QED) is 0.284. The molecule has 0 saturated carbocycles. The minimum Gasteiger partial charge on any atom is -0.497 e. The fourth-order valence-electron chi connectivity index (χ4n) is 3.43. The van der Waals surface area contributed by atoms with Gasteiger partial charge >= 0.3 is 0 Å². The fraction of sp³-hybridized carbons (Fsp3) is 0.154. The van der Waals surface area contributed by atoms with Crippen molar-refractivity contribution in [2.75, 3.05) is 18.2 Å². The van der Waals surface area contributed by atoms with E-state index in [1.54, 1.807) is 54.1 Å². The molecule has 0 fully saturated rings. The lowest BCUT2D eigenvalue weighted by molar-refractivity contribution is -0.120. The van der Waals surface area contributed by atoms with Crippen LogP contribution in [0.25, 0.3) is 5.69 Å². The van der Waals surface area contributed by atoms with Crippen molar-refractivity contribution in [3.8, 4) is 11.4 Å². The molecule has 0 aliphatic heterocycles. The number of para-hydroxylation sites is 1. The van der Waals surface area contributed by atoms with Gasteiger partial charge in [0.15, 0.2) is 11.0 Å². The van der Waals surface area contributed by atoms with E-state index in [1.807, 2.05) is 18.2 Å². The Morgan fingerprint density at radius 2 is 1.81 bits per heavy atom. The average molecular weight is 540 g/mol. The average Bonchev–Trinajstić information content (AvgIpc) is 3.31. The lowest BCUT2D eigenvalue weighted by Gasteiger charge is -2.12. The van der Waals surface area contributed by atoms with Gasteiger partial charge in [-0.2, -0.15) is 0 Å². The number of rotatable bonds is 10. The highest BCUT2D eigenvalue weighted by molar-refractivity contribution is 7.99. The van der Waals surface area contributed by atoms with Crippen molar-refractivity contribution in [1.29, 1.82) is 0 Å². The van der Waals surface area contributed by atoms with Crippen LogP contribution in [0.1, 0.15) is 11.4 Å². The van der Waals surface area contributed by atoms with E-state index in [9.17, 15) is 14.0 Å². The van der Waals surface area contributed by atoms with Gasteiger partial charge in [0.1, 0.15) is 11.6 Å². The van der Waals surface area contributed by atoms with Gasteiger partial charge in [0.2, 0.25) is 11.8 Å². The second-order valence-corrected chi connectivity index (χ2v) is 9.21. The maximum absolute atomic E-state index is 13.9. The molecule has 0 spiro atoms. The van der Waals surface area contributed by atoms with Gasteiger partial charge in [-0.25, -0.2) is 4.39 Å². The van der Waals surface area contributed by atoms with Crippen molar-refractivity contribution in [3.63, 3.8) is 0 Å². The Balaban J connectivity index is 1.46. The van der Waals surface area contributed by atoms with Gasteiger partial charge in [-0.1, -0.05) is 53.7 Å². The minimum absolute atomic E-state index is 0.0309. The molecule has 4 aromatic rings. The Morgan fingerprint density at radius 3 is 2.54 bits per heavy atom. The molecule has 0 aliphatic carbocycles. The van der Waals surface area contributed by atoms with E-state index >= 15 is 0 Å². The number of carbonyl (C=O) groups excluding carboxylic acids is 2. The van der Waals surface area contributed by atoms with Crippen LogP contribution in [-0.2, 0) is 22.6 Å². The van der Waals surface area contributed by atoms with Gasteiger partial charge in [-0.15, -0.1) is 10.2 Å². The Kier molecular flexibility index (Phi) is 8.76. The van der Waals surface area contributed by atoms with Crippen LogP contribution >= 0.6 is 23.4 Å². The fourth-order valence-corrected chi connectivity index (χ4v) is 4.39. The molecule has 3 aromatic carbocycles. The third-order valence-electron chi connectivity index (χ3n) is 5.21. The number of nitrogens with zero attached hydrogens (tertiary/aromatic N) is 3. The number of hydrogen-bond acceptors (Lipinski definition) is 6. The van der Waals surface area contributed by atoms with Crippen molar-refractivity contribution in [1.82, 2.24) is 20.1 Å². The SMILES string of the molecule is COc1ccc(CC(=O)NCc2nnc(SCC(=O)Nc3ccccc3F)n2-c2cccc(Cl)c2)cc1. The summed E-state index contributed by atoms with van der Waals surface area (Å²) in [6.45, 7) is 0.108. The van der Waals surface area contributed by atoms with Crippen LogP contribution in [0, 0.1) is 5.82 Å². The standard InChI is InChI=1S/C26H23ClFN5O3S/c1-36-20-11-9-17(10-12-20)13-24(34)29-15-23-31-32-26(33(23)19-6-4-5-18(27)14-19)37-16-25(35)30-22-8-3-2-7-21(22)28/h2-12,14H,13,15-16H2,1H3,(H,29,34)(H,30,35). The van der Waals surface area contributed by atoms with Gasteiger partial charge in [-0.3, -0.25) is 14.2 Å². The van der Waals surface area contributed by atoms with Gasteiger partial charge in [0.25, 0.3) is 0 Å². The summed E-state index contributed by atoms with van der Waals surface area (Å²) in [5, 5.41) is 14.8. The summed E-state index contributed by atoms with van der Waals surface area (Å²) in [5.41, 5.74) is 1.62. The Hall–Kier alpha value is -3.89. The molecule has 0 saturated heterocycles. The number of ether oxygens (including phenoxy) is 1. The maximum Gasteiger partial charge on any atom is 0.234 e. The molecule has 0 aliphatic rings. The maximum atomic E-state index is 13.9. The van der Waals surface area contributed by atoms with Crippen molar-refractivity contribution in [2.45, 2.75) is 18.1 Å². The molecule has 190 valence electrons. The highest BCUT2D eigenvalue weighted by Gasteiger charge is 2.17. The van der Waals surface area contributed by atoms with E-state index in [2.05, 4.69) is 20.8 Å².